The molecule has 0 unspecified atom stereocenters. The highest BCUT2D eigenvalue weighted by Gasteiger charge is 2.51. The van der Waals surface area contributed by atoms with Crippen molar-refractivity contribution in [3.63, 3.8) is 0 Å². The molecule has 0 atom stereocenters. The zero-order valence-electron chi connectivity index (χ0n) is 28.2. The SMILES string of the molecule is C1=CC(c2ccccc2)=CC=C(N(c2ccc(-c3ccccc3)cc2)c2ccc3c(c2)C2(c4ccccc4-c4ccccc42)c2ccccc2-3)C1. The van der Waals surface area contributed by atoms with E-state index in [0.717, 1.165) is 17.8 Å². The van der Waals surface area contributed by atoms with Gasteiger partial charge in [0, 0.05) is 23.5 Å². The van der Waals surface area contributed by atoms with Gasteiger partial charge in [0.1, 0.15) is 0 Å². The molecule has 240 valence electrons. The monoisotopic (exact) mass is 649 g/mol. The quantitative estimate of drug-likeness (QED) is 0.179. The van der Waals surface area contributed by atoms with Crippen LogP contribution in [0.5, 0.6) is 0 Å². The first kappa shape index (κ1) is 29.5. The van der Waals surface area contributed by atoms with Crippen LogP contribution in [0.25, 0.3) is 39.0 Å². The highest BCUT2D eigenvalue weighted by molar-refractivity contribution is 5.96. The normalized spacial score (nSPS) is 14.5. The Morgan fingerprint density at radius 1 is 0.392 bits per heavy atom. The molecule has 0 heterocycles. The van der Waals surface area contributed by atoms with Crippen molar-refractivity contribution in [2.24, 2.45) is 0 Å². The minimum Gasteiger partial charge on any atom is -0.314 e. The van der Waals surface area contributed by atoms with Crippen molar-refractivity contribution in [3.8, 4) is 33.4 Å². The second-order valence-electron chi connectivity index (χ2n) is 13.6. The molecule has 0 aromatic heterocycles. The molecule has 10 rings (SSSR count). The van der Waals surface area contributed by atoms with Crippen LogP contribution in [0.2, 0.25) is 0 Å². The Balaban J connectivity index is 1.19. The van der Waals surface area contributed by atoms with Gasteiger partial charge in [-0.15, -0.1) is 0 Å². The molecule has 0 bridgehead atoms. The van der Waals surface area contributed by atoms with Gasteiger partial charge in [-0.3, -0.25) is 0 Å². The number of hydrogen-bond acceptors (Lipinski definition) is 1. The van der Waals surface area contributed by atoms with Crippen LogP contribution < -0.4 is 4.90 Å². The molecule has 0 saturated heterocycles. The van der Waals surface area contributed by atoms with Gasteiger partial charge in [0.2, 0.25) is 0 Å². The predicted molar refractivity (Wildman–Crippen MR) is 213 cm³/mol. The van der Waals surface area contributed by atoms with Gasteiger partial charge in [0.15, 0.2) is 0 Å². The van der Waals surface area contributed by atoms with Crippen molar-refractivity contribution >= 4 is 16.9 Å². The van der Waals surface area contributed by atoms with Gasteiger partial charge in [-0.25, -0.2) is 0 Å². The summed E-state index contributed by atoms with van der Waals surface area (Å²) >= 11 is 0. The summed E-state index contributed by atoms with van der Waals surface area (Å²) in [4.78, 5) is 2.47. The number of fused-ring (bicyclic) bond motifs is 10. The maximum Gasteiger partial charge on any atom is 0.0726 e. The van der Waals surface area contributed by atoms with E-state index in [9.17, 15) is 0 Å². The number of rotatable bonds is 5. The second-order valence-corrected chi connectivity index (χ2v) is 13.6. The van der Waals surface area contributed by atoms with Crippen molar-refractivity contribution in [1.82, 2.24) is 0 Å². The maximum atomic E-state index is 2.48. The number of anilines is 2. The molecule has 3 aliphatic rings. The molecule has 0 aliphatic heterocycles. The third-order valence-electron chi connectivity index (χ3n) is 10.9. The number of allylic oxidation sites excluding steroid dienone is 5. The Morgan fingerprint density at radius 2 is 0.882 bits per heavy atom. The topological polar surface area (TPSA) is 3.24 Å². The third-order valence-corrected chi connectivity index (χ3v) is 10.9. The van der Waals surface area contributed by atoms with E-state index in [-0.39, 0.29) is 0 Å². The van der Waals surface area contributed by atoms with Gasteiger partial charge in [-0.2, -0.15) is 0 Å². The van der Waals surface area contributed by atoms with E-state index in [1.165, 1.54) is 72.5 Å². The lowest BCUT2D eigenvalue weighted by Gasteiger charge is -2.32. The van der Waals surface area contributed by atoms with E-state index < -0.39 is 5.41 Å². The Hall–Kier alpha value is -6.44. The van der Waals surface area contributed by atoms with E-state index in [4.69, 9.17) is 0 Å². The van der Waals surface area contributed by atoms with Crippen LogP contribution >= 0.6 is 0 Å². The van der Waals surface area contributed by atoms with Crippen molar-refractivity contribution in [1.29, 1.82) is 0 Å². The van der Waals surface area contributed by atoms with Crippen molar-refractivity contribution in [2.75, 3.05) is 4.90 Å². The molecule has 3 aliphatic carbocycles. The van der Waals surface area contributed by atoms with E-state index in [1.807, 2.05) is 0 Å². The molecule has 1 spiro atoms. The molecule has 7 aromatic carbocycles. The summed E-state index contributed by atoms with van der Waals surface area (Å²) in [6.07, 6.45) is 9.95. The fourth-order valence-electron chi connectivity index (χ4n) is 8.74. The molecule has 0 N–H and O–H groups in total. The van der Waals surface area contributed by atoms with Gasteiger partial charge in [-0.05, 0) is 97.1 Å². The Bertz CT molecular complexity index is 2470. The lowest BCUT2D eigenvalue weighted by molar-refractivity contribution is 0.793. The molecule has 0 fully saturated rings. The van der Waals surface area contributed by atoms with Gasteiger partial charge >= 0.3 is 0 Å². The standard InChI is InChI=1S/C50H35N/c1-3-14-35(15-4-1)37-18-13-19-39(29-26-37)51(40-30-27-38(28-31-40)36-16-5-2-6-17-36)41-32-33-45-44-22-9-12-25-48(44)50(49(45)34-41)46-23-10-7-20-42(46)43-21-8-11-24-47(43)50/h1-18,20-34H,19H2. The van der Waals surface area contributed by atoms with Crippen LogP contribution in [0, 0.1) is 0 Å². The Kier molecular flexibility index (Phi) is 6.85. The molecule has 1 heteroatoms. The van der Waals surface area contributed by atoms with Crippen LogP contribution in [0.4, 0.5) is 11.4 Å². The van der Waals surface area contributed by atoms with E-state index in [1.54, 1.807) is 0 Å². The molecule has 51 heavy (non-hydrogen) atoms. The molecule has 0 amide bonds. The van der Waals surface area contributed by atoms with E-state index in [0.29, 0.717) is 0 Å². The minimum absolute atomic E-state index is 0.393. The number of nitrogens with zero attached hydrogens (tertiary/aromatic N) is 1. The average Bonchev–Trinajstić information content (AvgIpc) is 3.53. The molecular weight excluding hydrogens is 615 g/mol. The summed E-state index contributed by atoms with van der Waals surface area (Å²) in [6.45, 7) is 0. The predicted octanol–water partition coefficient (Wildman–Crippen LogP) is 12.8. The van der Waals surface area contributed by atoms with Crippen LogP contribution in [-0.2, 0) is 5.41 Å². The van der Waals surface area contributed by atoms with Gasteiger partial charge in [0.25, 0.3) is 0 Å². The highest BCUT2D eigenvalue weighted by atomic mass is 15.1. The first-order valence-electron chi connectivity index (χ1n) is 17.8. The maximum absolute atomic E-state index is 2.48. The van der Waals surface area contributed by atoms with E-state index in [2.05, 4.69) is 205 Å². The summed E-state index contributed by atoms with van der Waals surface area (Å²) in [5.41, 5.74) is 18.7. The summed E-state index contributed by atoms with van der Waals surface area (Å²) in [7, 11) is 0. The largest absolute Gasteiger partial charge is 0.314 e. The summed E-state index contributed by atoms with van der Waals surface area (Å²) in [6, 6.07) is 64.6. The molecule has 0 radical (unpaired) electrons. The van der Waals surface area contributed by atoms with Gasteiger partial charge in [-0.1, -0.05) is 170 Å². The Labute approximate surface area is 299 Å². The van der Waals surface area contributed by atoms with E-state index >= 15 is 0 Å². The highest BCUT2D eigenvalue weighted by Crippen LogP contribution is 2.63. The smallest absolute Gasteiger partial charge is 0.0726 e. The van der Waals surface area contributed by atoms with Crippen LogP contribution in [0.15, 0.2) is 206 Å². The first-order valence-corrected chi connectivity index (χ1v) is 17.8. The zero-order valence-corrected chi connectivity index (χ0v) is 28.2. The lowest BCUT2D eigenvalue weighted by Crippen LogP contribution is -2.26. The number of benzene rings is 7. The zero-order chi connectivity index (χ0) is 33.8. The van der Waals surface area contributed by atoms with Crippen LogP contribution in [0.1, 0.15) is 34.2 Å². The molecule has 7 aromatic rings. The fourth-order valence-corrected chi connectivity index (χ4v) is 8.74. The lowest BCUT2D eigenvalue weighted by atomic mass is 9.70. The number of hydrogen-bond donors (Lipinski definition) is 0. The summed E-state index contributed by atoms with van der Waals surface area (Å²) < 4.78 is 0. The van der Waals surface area contributed by atoms with Gasteiger partial charge in [0.05, 0.1) is 5.41 Å². The molecule has 0 saturated carbocycles. The average molecular weight is 650 g/mol. The van der Waals surface area contributed by atoms with Crippen LogP contribution in [-0.4, -0.2) is 0 Å². The minimum atomic E-state index is -0.393. The fraction of sp³-hybridized carbons (Fsp3) is 0.0400. The van der Waals surface area contributed by atoms with Gasteiger partial charge < -0.3 is 4.90 Å². The van der Waals surface area contributed by atoms with Crippen molar-refractivity contribution in [3.05, 3.63) is 234 Å². The van der Waals surface area contributed by atoms with Crippen molar-refractivity contribution in [2.45, 2.75) is 11.8 Å². The summed E-state index contributed by atoms with van der Waals surface area (Å²) in [5.74, 6) is 0. The van der Waals surface area contributed by atoms with Crippen LogP contribution in [0.3, 0.4) is 0 Å². The summed E-state index contributed by atoms with van der Waals surface area (Å²) in [5, 5.41) is 0. The molecule has 1 nitrogen and oxygen atoms in total. The van der Waals surface area contributed by atoms with Crippen molar-refractivity contribution < 1.29 is 0 Å². The Morgan fingerprint density at radius 3 is 1.49 bits per heavy atom. The third kappa shape index (κ3) is 4.55. The molecular formula is C50H35N. The first-order chi connectivity index (χ1) is 25.3. The second kappa shape index (κ2) is 11.9.